The van der Waals surface area contributed by atoms with Gasteiger partial charge in [0.15, 0.2) is 10.6 Å². The fourth-order valence-electron chi connectivity index (χ4n) is 4.54. The van der Waals surface area contributed by atoms with Crippen molar-refractivity contribution in [3.8, 4) is 11.4 Å². The van der Waals surface area contributed by atoms with Crippen LogP contribution in [0.15, 0.2) is 48.5 Å². The normalized spacial score (nSPS) is 15.5. The Morgan fingerprint density at radius 1 is 1.19 bits per heavy atom. The van der Waals surface area contributed by atoms with Gasteiger partial charge in [0.2, 0.25) is 5.91 Å². The molecule has 162 valence electrons. The average molecular weight is 439 g/mol. The lowest BCUT2D eigenvalue weighted by molar-refractivity contribution is -0.122. The van der Waals surface area contributed by atoms with Crippen LogP contribution in [0.5, 0.6) is 0 Å². The molecule has 1 amide bonds. The van der Waals surface area contributed by atoms with Gasteiger partial charge in [-0.3, -0.25) is 14.5 Å². The number of aryl methyl sites for hydroxylation is 1. The van der Waals surface area contributed by atoms with Gasteiger partial charge in [-0.05, 0) is 55.7 Å². The Kier molecular flexibility index (Phi) is 6.32. The van der Waals surface area contributed by atoms with E-state index in [1.54, 1.807) is 4.57 Å². The number of halogens is 1. The van der Waals surface area contributed by atoms with Gasteiger partial charge < -0.3 is 5.32 Å². The Bertz CT molecular complexity index is 1110. The topological polar surface area (TPSA) is 62.7 Å². The number of benzene rings is 2. The molecule has 3 aromatic rings. The van der Waals surface area contributed by atoms with Crippen LogP contribution in [-0.2, 0) is 16.8 Å². The smallest absolute Gasteiger partial charge is 0.240 e. The fourth-order valence-corrected chi connectivity index (χ4v) is 4.73. The first kappa shape index (κ1) is 21.4. The Hall–Kier alpha value is -2.80. The monoisotopic (exact) mass is 438 g/mol. The number of hydrogen-bond donors (Lipinski definition) is 2. The number of carbonyl (C=O) groups is 1. The third-order valence-corrected chi connectivity index (χ3v) is 6.54. The van der Waals surface area contributed by atoms with Gasteiger partial charge in [-0.25, -0.2) is 4.39 Å². The molecule has 0 atom stereocenters. The molecule has 7 heteroatoms. The minimum Gasteiger partial charge on any atom is -0.354 e. The lowest BCUT2D eigenvalue weighted by atomic mass is 9.69. The Labute approximate surface area is 186 Å². The maximum absolute atomic E-state index is 13.5. The first-order chi connectivity index (χ1) is 15.0. The number of nitrogens with one attached hydrogen (secondary N) is 2. The molecule has 2 aromatic carbocycles. The van der Waals surface area contributed by atoms with Gasteiger partial charge in [-0.2, -0.15) is 5.10 Å². The quantitative estimate of drug-likeness (QED) is 0.528. The molecule has 0 aliphatic heterocycles. The highest BCUT2D eigenvalue weighted by Gasteiger charge is 2.34. The average Bonchev–Trinajstić information content (AvgIpc) is 3.13. The van der Waals surface area contributed by atoms with Crippen molar-refractivity contribution >= 4 is 18.1 Å². The second-order valence-corrected chi connectivity index (χ2v) is 8.82. The van der Waals surface area contributed by atoms with Crippen molar-refractivity contribution in [2.24, 2.45) is 0 Å². The highest BCUT2D eigenvalue weighted by Crippen LogP contribution is 2.39. The van der Waals surface area contributed by atoms with Crippen molar-refractivity contribution < 1.29 is 9.18 Å². The molecule has 0 unspecified atom stereocenters. The molecule has 1 aliphatic rings. The van der Waals surface area contributed by atoms with Crippen molar-refractivity contribution in [1.82, 2.24) is 20.1 Å². The van der Waals surface area contributed by atoms with Crippen LogP contribution in [0.25, 0.3) is 11.4 Å². The summed E-state index contributed by atoms with van der Waals surface area (Å²) in [5.74, 6) is 0.296. The summed E-state index contributed by atoms with van der Waals surface area (Å²) in [7, 11) is 0. The molecule has 4 rings (SSSR count). The SMILES string of the molecule is Cc1cccc(-c2n[nH]c(=S)n2CC(=O)NCC2(c3ccc(F)cc3)CCCCC2)c1. The highest BCUT2D eigenvalue weighted by atomic mass is 32.1. The number of aromatic nitrogens is 3. The van der Waals surface area contributed by atoms with Crippen molar-refractivity contribution in [3.05, 3.63) is 70.2 Å². The van der Waals surface area contributed by atoms with Crippen molar-refractivity contribution in [2.45, 2.75) is 51.0 Å². The van der Waals surface area contributed by atoms with E-state index in [-0.39, 0.29) is 23.7 Å². The van der Waals surface area contributed by atoms with Crippen LogP contribution in [0.2, 0.25) is 0 Å². The second kappa shape index (κ2) is 9.14. The zero-order valence-electron chi connectivity index (χ0n) is 17.7. The van der Waals surface area contributed by atoms with Crippen LogP contribution in [0.4, 0.5) is 4.39 Å². The summed E-state index contributed by atoms with van der Waals surface area (Å²) in [5, 5.41) is 10.3. The summed E-state index contributed by atoms with van der Waals surface area (Å²) in [4.78, 5) is 12.9. The predicted molar refractivity (Wildman–Crippen MR) is 122 cm³/mol. The van der Waals surface area contributed by atoms with E-state index in [1.807, 2.05) is 43.3 Å². The Morgan fingerprint density at radius 3 is 2.65 bits per heavy atom. The zero-order chi connectivity index (χ0) is 21.8. The number of carbonyl (C=O) groups excluding carboxylic acids is 1. The van der Waals surface area contributed by atoms with Gasteiger partial charge in [0.1, 0.15) is 12.4 Å². The van der Waals surface area contributed by atoms with E-state index in [0.717, 1.165) is 42.4 Å². The summed E-state index contributed by atoms with van der Waals surface area (Å²) in [6.07, 6.45) is 5.38. The van der Waals surface area contributed by atoms with Gasteiger partial charge in [0.25, 0.3) is 0 Å². The minimum absolute atomic E-state index is 0.0953. The van der Waals surface area contributed by atoms with E-state index in [9.17, 15) is 9.18 Å². The van der Waals surface area contributed by atoms with Crippen molar-refractivity contribution in [3.63, 3.8) is 0 Å². The summed E-state index contributed by atoms with van der Waals surface area (Å²) in [6.45, 7) is 2.64. The molecule has 1 heterocycles. The van der Waals surface area contributed by atoms with E-state index in [0.29, 0.717) is 17.1 Å². The Morgan fingerprint density at radius 2 is 1.94 bits per heavy atom. The minimum atomic E-state index is -0.239. The van der Waals surface area contributed by atoms with Crippen LogP contribution >= 0.6 is 12.2 Å². The first-order valence-electron chi connectivity index (χ1n) is 10.7. The molecular weight excluding hydrogens is 411 g/mol. The largest absolute Gasteiger partial charge is 0.354 e. The van der Waals surface area contributed by atoms with Crippen LogP contribution in [0.1, 0.15) is 43.2 Å². The molecule has 1 aliphatic carbocycles. The molecule has 0 radical (unpaired) electrons. The molecule has 0 saturated heterocycles. The molecule has 0 bridgehead atoms. The van der Waals surface area contributed by atoms with Crippen LogP contribution in [-0.4, -0.2) is 27.2 Å². The molecule has 31 heavy (non-hydrogen) atoms. The van der Waals surface area contributed by atoms with E-state index in [2.05, 4.69) is 15.5 Å². The van der Waals surface area contributed by atoms with Crippen LogP contribution in [0, 0.1) is 17.5 Å². The van der Waals surface area contributed by atoms with Gasteiger partial charge >= 0.3 is 0 Å². The van der Waals surface area contributed by atoms with E-state index in [1.165, 1.54) is 18.6 Å². The van der Waals surface area contributed by atoms with E-state index < -0.39 is 0 Å². The molecule has 1 fully saturated rings. The first-order valence-corrected chi connectivity index (χ1v) is 11.1. The molecule has 1 saturated carbocycles. The Balaban J connectivity index is 1.50. The second-order valence-electron chi connectivity index (χ2n) is 8.43. The molecule has 5 nitrogen and oxygen atoms in total. The van der Waals surface area contributed by atoms with Crippen LogP contribution < -0.4 is 5.32 Å². The lowest BCUT2D eigenvalue weighted by Gasteiger charge is -2.38. The van der Waals surface area contributed by atoms with Gasteiger partial charge in [0, 0.05) is 17.5 Å². The van der Waals surface area contributed by atoms with Gasteiger partial charge in [-0.1, -0.05) is 55.2 Å². The number of H-pyrrole nitrogens is 1. The number of rotatable bonds is 6. The number of amides is 1. The number of nitrogens with zero attached hydrogens (tertiary/aromatic N) is 2. The fraction of sp³-hybridized carbons (Fsp3) is 0.375. The predicted octanol–water partition coefficient (Wildman–Crippen LogP) is 5.07. The third kappa shape index (κ3) is 4.77. The maximum Gasteiger partial charge on any atom is 0.240 e. The number of hydrogen-bond acceptors (Lipinski definition) is 3. The summed E-state index contributed by atoms with van der Waals surface area (Å²) in [5.41, 5.74) is 2.96. The lowest BCUT2D eigenvalue weighted by Crippen LogP contribution is -2.43. The third-order valence-electron chi connectivity index (χ3n) is 6.23. The molecule has 1 aromatic heterocycles. The van der Waals surface area contributed by atoms with Crippen molar-refractivity contribution in [2.75, 3.05) is 6.54 Å². The van der Waals surface area contributed by atoms with E-state index >= 15 is 0 Å². The van der Waals surface area contributed by atoms with Gasteiger partial charge in [-0.15, -0.1) is 0 Å². The van der Waals surface area contributed by atoms with E-state index in [4.69, 9.17) is 12.2 Å². The van der Waals surface area contributed by atoms with Gasteiger partial charge in [0.05, 0.1) is 0 Å². The molecular formula is C24H27FN4OS. The maximum atomic E-state index is 13.5. The van der Waals surface area contributed by atoms with Crippen molar-refractivity contribution in [1.29, 1.82) is 0 Å². The summed E-state index contributed by atoms with van der Waals surface area (Å²) >= 11 is 5.37. The highest BCUT2D eigenvalue weighted by molar-refractivity contribution is 7.71. The summed E-state index contributed by atoms with van der Waals surface area (Å²) < 4.78 is 15.6. The standard InChI is InChI=1S/C24H27FN4OS/c1-17-6-5-7-18(14-17)22-27-28-23(31)29(22)15-21(30)26-16-24(12-3-2-4-13-24)19-8-10-20(25)11-9-19/h5-11,14H,2-4,12-13,15-16H2,1H3,(H,26,30)(H,28,31). The number of aromatic amines is 1. The summed E-state index contributed by atoms with van der Waals surface area (Å²) in [6, 6.07) is 14.7. The van der Waals surface area contributed by atoms with Crippen LogP contribution in [0.3, 0.4) is 0 Å². The zero-order valence-corrected chi connectivity index (χ0v) is 18.5. The molecule has 0 spiro atoms. The molecule has 2 N–H and O–H groups in total.